The molecule has 0 aliphatic carbocycles. The number of hydrogen-bond acceptors (Lipinski definition) is 4. The minimum atomic E-state index is -3.69. The second-order valence-electron chi connectivity index (χ2n) is 6.97. The smallest absolute Gasteiger partial charge is 0.255 e. The summed E-state index contributed by atoms with van der Waals surface area (Å²) in [7, 11) is -2.25. The number of likely N-dealkylation sites (N-methyl/N-ethyl adjacent to an activating group) is 1. The van der Waals surface area contributed by atoms with E-state index in [1.165, 1.54) is 34.5 Å². The topological polar surface area (TPSA) is 86.8 Å². The van der Waals surface area contributed by atoms with E-state index in [1.54, 1.807) is 24.3 Å². The number of nitrogens with one attached hydrogen (secondary N) is 1. The van der Waals surface area contributed by atoms with E-state index in [0.29, 0.717) is 23.8 Å². The van der Waals surface area contributed by atoms with E-state index < -0.39 is 21.8 Å². The molecule has 1 saturated heterocycles. The van der Waals surface area contributed by atoms with Gasteiger partial charge in [0.05, 0.1) is 22.0 Å². The molecule has 0 bridgehead atoms. The van der Waals surface area contributed by atoms with Crippen LogP contribution in [0.3, 0.4) is 0 Å². The minimum Gasteiger partial charge on any atom is -0.332 e. The van der Waals surface area contributed by atoms with Gasteiger partial charge < -0.3 is 10.2 Å². The highest BCUT2D eigenvalue weighted by Crippen LogP contribution is 2.26. The van der Waals surface area contributed by atoms with E-state index in [9.17, 15) is 18.0 Å². The first kappa shape index (κ1) is 22.6. The third kappa shape index (κ3) is 5.13. The lowest BCUT2D eigenvalue weighted by molar-refractivity contribution is -0.116. The molecule has 0 unspecified atom stereocenters. The van der Waals surface area contributed by atoms with Gasteiger partial charge >= 0.3 is 0 Å². The van der Waals surface area contributed by atoms with Gasteiger partial charge in [-0.25, -0.2) is 8.42 Å². The Labute approximate surface area is 185 Å². The summed E-state index contributed by atoms with van der Waals surface area (Å²) in [6.45, 7) is 0.667. The molecule has 0 saturated carbocycles. The minimum absolute atomic E-state index is 0.00827. The molecular formula is C20H21Cl2N3O4S. The molecular weight excluding hydrogens is 449 g/mol. The van der Waals surface area contributed by atoms with Gasteiger partial charge in [0, 0.05) is 30.8 Å². The summed E-state index contributed by atoms with van der Waals surface area (Å²) in [5.41, 5.74) is 0.528. The Morgan fingerprint density at radius 3 is 2.47 bits per heavy atom. The number of rotatable bonds is 6. The van der Waals surface area contributed by atoms with E-state index in [-0.39, 0.29) is 22.0 Å². The molecule has 160 valence electrons. The molecule has 1 fully saturated rings. The van der Waals surface area contributed by atoms with E-state index in [2.05, 4.69) is 5.32 Å². The first-order chi connectivity index (χ1) is 14.2. The fourth-order valence-electron chi connectivity index (χ4n) is 3.17. The van der Waals surface area contributed by atoms with Crippen molar-refractivity contribution in [1.82, 2.24) is 9.21 Å². The maximum absolute atomic E-state index is 12.8. The summed E-state index contributed by atoms with van der Waals surface area (Å²) >= 11 is 12.1. The van der Waals surface area contributed by atoms with E-state index in [1.807, 2.05) is 0 Å². The number of anilines is 1. The second kappa shape index (κ2) is 9.34. The van der Waals surface area contributed by atoms with E-state index in [4.69, 9.17) is 23.2 Å². The van der Waals surface area contributed by atoms with Crippen LogP contribution in [0.4, 0.5) is 5.69 Å². The predicted molar refractivity (Wildman–Crippen MR) is 116 cm³/mol. The molecule has 7 nitrogen and oxygen atoms in total. The lowest BCUT2D eigenvalue weighted by atomic mass is 10.2. The van der Waals surface area contributed by atoms with Crippen LogP contribution in [-0.4, -0.2) is 56.1 Å². The van der Waals surface area contributed by atoms with Gasteiger partial charge in [0.15, 0.2) is 0 Å². The lowest BCUT2D eigenvalue weighted by Gasteiger charge is -2.19. The molecule has 1 aliphatic heterocycles. The third-order valence-electron chi connectivity index (χ3n) is 4.71. The number of benzene rings is 2. The average molecular weight is 470 g/mol. The Morgan fingerprint density at radius 2 is 1.80 bits per heavy atom. The van der Waals surface area contributed by atoms with Crippen molar-refractivity contribution in [2.75, 3.05) is 32.0 Å². The highest BCUT2D eigenvalue weighted by molar-refractivity contribution is 7.89. The molecule has 1 N–H and O–H groups in total. The highest BCUT2D eigenvalue weighted by atomic mass is 35.5. The monoisotopic (exact) mass is 469 g/mol. The number of halogens is 2. The zero-order valence-corrected chi connectivity index (χ0v) is 18.6. The molecule has 2 amide bonds. The van der Waals surface area contributed by atoms with Crippen LogP contribution in [0.1, 0.15) is 23.2 Å². The fourth-order valence-corrected chi connectivity index (χ4v) is 5.10. The Kier molecular flexibility index (Phi) is 7.02. The summed E-state index contributed by atoms with van der Waals surface area (Å²) in [4.78, 5) is 26.3. The largest absolute Gasteiger partial charge is 0.332 e. The van der Waals surface area contributed by atoms with Gasteiger partial charge in [0.1, 0.15) is 0 Å². The zero-order chi connectivity index (χ0) is 21.9. The molecule has 1 aliphatic rings. The van der Waals surface area contributed by atoms with Crippen LogP contribution < -0.4 is 5.32 Å². The van der Waals surface area contributed by atoms with Crippen LogP contribution in [0, 0.1) is 0 Å². The van der Waals surface area contributed by atoms with Crippen LogP contribution in [0.25, 0.3) is 0 Å². The van der Waals surface area contributed by atoms with Crippen molar-refractivity contribution in [3.8, 4) is 0 Å². The fraction of sp³-hybridized carbons (Fsp3) is 0.300. The van der Waals surface area contributed by atoms with Gasteiger partial charge in [0.2, 0.25) is 15.9 Å². The number of carbonyl (C=O) groups excluding carboxylic acids is 2. The van der Waals surface area contributed by atoms with Crippen LogP contribution in [-0.2, 0) is 14.8 Å². The van der Waals surface area contributed by atoms with Crippen LogP contribution in [0.15, 0.2) is 47.4 Å². The van der Waals surface area contributed by atoms with Crippen LogP contribution >= 0.6 is 23.2 Å². The SMILES string of the molecule is CN(CC(=O)Nc1cccc(Cl)c1)C(=O)c1cc(S(=O)(=O)N2CCCC2)ccc1Cl. The van der Waals surface area contributed by atoms with Gasteiger partial charge in [-0.05, 0) is 49.2 Å². The quantitative estimate of drug-likeness (QED) is 0.701. The molecule has 10 heteroatoms. The summed E-state index contributed by atoms with van der Waals surface area (Å²) in [6.07, 6.45) is 1.62. The number of carbonyl (C=O) groups is 2. The third-order valence-corrected chi connectivity index (χ3v) is 7.17. The normalized spacial score (nSPS) is 14.5. The molecule has 2 aromatic carbocycles. The van der Waals surface area contributed by atoms with Gasteiger partial charge in [-0.3, -0.25) is 9.59 Å². The summed E-state index contributed by atoms with van der Waals surface area (Å²) in [6, 6.07) is 10.7. The molecule has 30 heavy (non-hydrogen) atoms. The van der Waals surface area contributed by atoms with Crippen molar-refractivity contribution >= 4 is 50.7 Å². The predicted octanol–water partition coefficient (Wildman–Crippen LogP) is 3.49. The maximum Gasteiger partial charge on any atom is 0.255 e. The Bertz CT molecular complexity index is 1070. The summed E-state index contributed by atoms with van der Waals surface area (Å²) in [5, 5.41) is 3.24. The standard InChI is InChI=1S/C20H21Cl2N3O4S/c1-24(13-19(26)23-15-6-4-5-14(21)11-15)20(27)17-12-16(7-8-18(17)22)30(28,29)25-9-2-3-10-25/h4-8,11-12H,2-3,9-10,13H2,1H3,(H,23,26). The zero-order valence-electron chi connectivity index (χ0n) is 16.3. The number of nitrogens with zero attached hydrogens (tertiary/aromatic N) is 2. The Hall–Kier alpha value is -2.13. The number of amides is 2. The van der Waals surface area contributed by atoms with Gasteiger partial charge in [-0.2, -0.15) is 4.31 Å². The van der Waals surface area contributed by atoms with Crippen LogP contribution in [0.2, 0.25) is 10.0 Å². The van der Waals surface area contributed by atoms with Crippen LogP contribution in [0.5, 0.6) is 0 Å². The number of hydrogen-bond donors (Lipinski definition) is 1. The van der Waals surface area contributed by atoms with Crippen molar-refractivity contribution in [2.45, 2.75) is 17.7 Å². The van der Waals surface area contributed by atoms with Gasteiger partial charge in [0.25, 0.3) is 5.91 Å². The second-order valence-corrected chi connectivity index (χ2v) is 9.75. The Morgan fingerprint density at radius 1 is 1.10 bits per heavy atom. The molecule has 0 radical (unpaired) electrons. The number of sulfonamides is 1. The van der Waals surface area contributed by atoms with Crippen molar-refractivity contribution in [3.05, 3.63) is 58.1 Å². The Balaban J connectivity index is 1.74. The van der Waals surface area contributed by atoms with E-state index >= 15 is 0 Å². The molecule has 0 atom stereocenters. The first-order valence-electron chi connectivity index (χ1n) is 9.29. The molecule has 1 heterocycles. The van der Waals surface area contributed by atoms with Gasteiger partial charge in [-0.1, -0.05) is 29.3 Å². The van der Waals surface area contributed by atoms with Crippen molar-refractivity contribution in [2.24, 2.45) is 0 Å². The van der Waals surface area contributed by atoms with Gasteiger partial charge in [-0.15, -0.1) is 0 Å². The molecule has 3 rings (SSSR count). The molecule has 0 aromatic heterocycles. The van der Waals surface area contributed by atoms with Crippen molar-refractivity contribution in [3.63, 3.8) is 0 Å². The maximum atomic E-state index is 12.8. The first-order valence-corrected chi connectivity index (χ1v) is 11.5. The lowest BCUT2D eigenvalue weighted by Crippen LogP contribution is -2.35. The van der Waals surface area contributed by atoms with E-state index in [0.717, 1.165) is 12.8 Å². The molecule has 0 spiro atoms. The van der Waals surface area contributed by atoms with Crippen molar-refractivity contribution in [1.29, 1.82) is 0 Å². The average Bonchev–Trinajstić information content (AvgIpc) is 3.23. The summed E-state index contributed by atoms with van der Waals surface area (Å²) in [5.74, 6) is -0.982. The summed E-state index contributed by atoms with van der Waals surface area (Å²) < 4.78 is 27.0. The van der Waals surface area contributed by atoms with Crippen molar-refractivity contribution < 1.29 is 18.0 Å². The highest BCUT2D eigenvalue weighted by Gasteiger charge is 2.29. The molecule has 2 aromatic rings.